The molecule has 4 N–H and O–H groups in total. The molecule has 1 atom stereocenters. The Morgan fingerprint density at radius 3 is 2.08 bits per heavy atom. The largest absolute Gasteiger partial charge is 0.461 e. The molecule has 2 amide bonds. The molecule has 0 bridgehead atoms. The molecule has 0 saturated heterocycles. The summed E-state index contributed by atoms with van der Waals surface area (Å²) in [4.78, 5) is 36.1. The highest BCUT2D eigenvalue weighted by molar-refractivity contribution is 7.89. The molecule has 3 rings (SSSR count). The van der Waals surface area contributed by atoms with Crippen molar-refractivity contribution in [2.45, 2.75) is 81.2 Å². The zero-order chi connectivity index (χ0) is 27.4. The highest BCUT2D eigenvalue weighted by atomic mass is 32.2. The summed E-state index contributed by atoms with van der Waals surface area (Å²) in [6, 6.07) is 13.1. The Kier molecular flexibility index (Phi) is 11.3. The number of esters is 1. The molecule has 1 saturated carbocycles. The molecule has 1 fully saturated rings. The number of nitrogens with one attached hydrogen (secondary N) is 3. The lowest BCUT2D eigenvalue weighted by atomic mass is 10.1. The monoisotopic (exact) mass is 545 g/mol. The fourth-order valence-corrected chi connectivity index (χ4v) is 5.45. The van der Waals surface area contributed by atoms with Crippen LogP contribution < -0.4 is 15.5 Å². The first kappa shape index (κ1) is 29.3. The first-order valence-electron chi connectivity index (χ1n) is 12.9. The van der Waals surface area contributed by atoms with Gasteiger partial charge in [0, 0.05) is 18.5 Å². The van der Waals surface area contributed by atoms with E-state index in [1.165, 1.54) is 24.3 Å². The number of hydrogen-bond donors (Lipinski definition) is 4. The first-order valence-corrected chi connectivity index (χ1v) is 14.4. The maximum absolute atomic E-state index is 13.1. The first-order chi connectivity index (χ1) is 18.3. The average molecular weight is 546 g/mol. The smallest absolute Gasteiger partial charge is 0.329 e. The van der Waals surface area contributed by atoms with Crippen LogP contribution in [0, 0.1) is 0 Å². The van der Waals surface area contributed by atoms with Gasteiger partial charge in [-0.05, 0) is 68.4 Å². The molecule has 0 spiro atoms. The second-order valence-corrected chi connectivity index (χ2v) is 11.0. The fraction of sp³-hybridized carbons (Fsp3) is 0.444. The summed E-state index contributed by atoms with van der Waals surface area (Å²) in [6.07, 6.45) is 6.63. The minimum Gasteiger partial charge on any atom is -0.461 e. The van der Waals surface area contributed by atoms with Crippen LogP contribution in [0.4, 0.5) is 5.69 Å². The van der Waals surface area contributed by atoms with E-state index >= 15 is 0 Å². The van der Waals surface area contributed by atoms with Crippen LogP contribution in [-0.4, -0.2) is 37.5 Å². The predicted molar refractivity (Wildman–Crippen MR) is 141 cm³/mol. The van der Waals surface area contributed by atoms with Crippen molar-refractivity contribution in [3.63, 3.8) is 0 Å². The molecule has 2 aromatic carbocycles. The van der Waals surface area contributed by atoms with Crippen LogP contribution in [0.1, 0.15) is 75.8 Å². The number of hydroxylamine groups is 1. The molecule has 0 heterocycles. The standard InChI is InChI=1S/C27H35N3O7S/c31-24(14-6-1-2-7-15-25(32)29-34)28-21-16-18-23(19-17-21)38(35,36)30-26(20-10-4-3-5-11-20)27(33)37-22-12-8-9-13-22/h3-5,10-11,16-19,22,26,30,34H,1-2,6-9,12-15H2,(H,28,31)(H,29,32). The highest BCUT2D eigenvalue weighted by Crippen LogP contribution is 2.25. The van der Waals surface area contributed by atoms with E-state index < -0.39 is 27.9 Å². The number of carbonyl (C=O) groups is 3. The van der Waals surface area contributed by atoms with E-state index in [0.717, 1.165) is 38.5 Å². The van der Waals surface area contributed by atoms with Gasteiger partial charge in [-0.25, -0.2) is 18.7 Å². The van der Waals surface area contributed by atoms with Crippen molar-refractivity contribution in [1.29, 1.82) is 0 Å². The van der Waals surface area contributed by atoms with Gasteiger partial charge in [0.15, 0.2) is 0 Å². The molecule has 1 unspecified atom stereocenters. The van der Waals surface area contributed by atoms with Crippen LogP contribution in [0.2, 0.25) is 0 Å². The van der Waals surface area contributed by atoms with Gasteiger partial charge < -0.3 is 10.1 Å². The molecular weight excluding hydrogens is 510 g/mol. The van der Waals surface area contributed by atoms with Gasteiger partial charge in [0.2, 0.25) is 21.8 Å². The second-order valence-electron chi connectivity index (χ2n) is 9.33. The van der Waals surface area contributed by atoms with E-state index in [1.807, 2.05) is 0 Å². The molecule has 1 aliphatic rings. The Morgan fingerprint density at radius 2 is 1.47 bits per heavy atom. The van der Waals surface area contributed by atoms with Crippen molar-refractivity contribution in [3.8, 4) is 0 Å². The third kappa shape index (κ3) is 9.23. The number of sulfonamides is 1. The Hall–Kier alpha value is -3.28. The molecule has 11 heteroatoms. The van der Waals surface area contributed by atoms with Crippen LogP contribution in [0.25, 0.3) is 0 Å². The number of rotatable bonds is 14. The average Bonchev–Trinajstić information content (AvgIpc) is 3.43. The normalized spacial score (nSPS) is 14.6. The van der Waals surface area contributed by atoms with E-state index in [2.05, 4.69) is 10.0 Å². The van der Waals surface area contributed by atoms with Crippen LogP contribution in [0.3, 0.4) is 0 Å². The summed E-state index contributed by atoms with van der Waals surface area (Å²) in [6.45, 7) is 0. The van der Waals surface area contributed by atoms with Gasteiger partial charge in [0.1, 0.15) is 12.1 Å². The Morgan fingerprint density at radius 1 is 0.868 bits per heavy atom. The van der Waals surface area contributed by atoms with Crippen molar-refractivity contribution in [3.05, 3.63) is 60.2 Å². The summed E-state index contributed by atoms with van der Waals surface area (Å²) in [5.41, 5.74) is 2.52. The number of carbonyl (C=O) groups excluding carboxylic acids is 3. The Balaban J connectivity index is 1.55. The molecule has 0 radical (unpaired) electrons. The molecule has 0 aliphatic heterocycles. The maximum Gasteiger partial charge on any atom is 0.329 e. The molecule has 2 aromatic rings. The minimum absolute atomic E-state index is 0.0444. The van der Waals surface area contributed by atoms with Gasteiger partial charge in [0.25, 0.3) is 0 Å². The van der Waals surface area contributed by atoms with E-state index in [1.54, 1.807) is 35.8 Å². The van der Waals surface area contributed by atoms with E-state index in [0.29, 0.717) is 24.1 Å². The zero-order valence-electron chi connectivity index (χ0n) is 21.2. The quantitative estimate of drug-likeness (QED) is 0.121. The number of anilines is 1. The van der Waals surface area contributed by atoms with Gasteiger partial charge in [-0.1, -0.05) is 43.2 Å². The molecule has 10 nitrogen and oxygen atoms in total. The van der Waals surface area contributed by atoms with Gasteiger partial charge in [-0.15, -0.1) is 0 Å². The lowest BCUT2D eigenvalue weighted by molar-refractivity contribution is -0.151. The second kappa shape index (κ2) is 14.6. The Bertz CT molecular complexity index is 1160. The van der Waals surface area contributed by atoms with E-state index in [-0.39, 0.29) is 29.7 Å². The zero-order valence-corrected chi connectivity index (χ0v) is 22.0. The summed E-state index contributed by atoms with van der Waals surface area (Å²) >= 11 is 0. The summed E-state index contributed by atoms with van der Waals surface area (Å²) in [5.74, 6) is -1.26. The lowest BCUT2D eigenvalue weighted by Crippen LogP contribution is -2.36. The van der Waals surface area contributed by atoms with Crippen molar-refractivity contribution in [2.75, 3.05) is 5.32 Å². The summed E-state index contributed by atoms with van der Waals surface area (Å²) in [5, 5.41) is 11.2. The molecule has 0 aromatic heterocycles. The molecule has 1 aliphatic carbocycles. The molecular formula is C27H35N3O7S. The van der Waals surface area contributed by atoms with Gasteiger partial charge >= 0.3 is 5.97 Å². The van der Waals surface area contributed by atoms with Crippen LogP contribution in [0.15, 0.2) is 59.5 Å². The van der Waals surface area contributed by atoms with E-state index in [9.17, 15) is 22.8 Å². The molecule has 206 valence electrons. The number of ether oxygens (including phenoxy) is 1. The van der Waals surface area contributed by atoms with E-state index in [4.69, 9.17) is 9.94 Å². The topological polar surface area (TPSA) is 151 Å². The SMILES string of the molecule is O=C(CCCCCCC(=O)Nc1ccc(S(=O)(=O)NC(C(=O)OC2CCCC2)c2ccccc2)cc1)NO. The van der Waals surface area contributed by atoms with Crippen molar-refractivity contribution < 1.29 is 32.7 Å². The summed E-state index contributed by atoms with van der Waals surface area (Å²) < 4.78 is 34.4. The van der Waals surface area contributed by atoms with Crippen molar-refractivity contribution in [1.82, 2.24) is 10.2 Å². The summed E-state index contributed by atoms with van der Waals surface area (Å²) in [7, 11) is -4.07. The molecule has 38 heavy (non-hydrogen) atoms. The van der Waals surface area contributed by atoms with Crippen LogP contribution in [0.5, 0.6) is 0 Å². The van der Waals surface area contributed by atoms with Gasteiger partial charge in [-0.3, -0.25) is 14.8 Å². The van der Waals surface area contributed by atoms with Crippen molar-refractivity contribution in [2.24, 2.45) is 0 Å². The highest BCUT2D eigenvalue weighted by Gasteiger charge is 2.31. The maximum atomic E-state index is 13.1. The minimum atomic E-state index is -4.07. The van der Waals surface area contributed by atoms with Gasteiger partial charge in [0.05, 0.1) is 4.90 Å². The van der Waals surface area contributed by atoms with Crippen molar-refractivity contribution >= 4 is 33.5 Å². The number of benzene rings is 2. The predicted octanol–water partition coefficient (Wildman–Crippen LogP) is 3.98. The number of amides is 2. The lowest BCUT2D eigenvalue weighted by Gasteiger charge is -2.20. The van der Waals surface area contributed by atoms with Crippen LogP contribution in [-0.2, 0) is 29.1 Å². The third-order valence-corrected chi connectivity index (χ3v) is 7.80. The fourth-order valence-electron chi connectivity index (χ4n) is 4.28. The van der Waals surface area contributed by atoms with Crippen LogP contribution >= 0.6 is 0 Å². The van der Waals surface area contributed by atoms with Gasteiger partial charge in [-0.2, -0.15) is 4.72 Å². The Labute approximate surface area is 223 Å². The third-order valence-electron chi connectivity index (χ3n) is 6.36. The number of unbranched alkanes of at least 4 members (excludes halogenated alkanes) is 3. The number of hydrogen-bond acceptors (Lipinski definition) is 7.